The lowest BCUT2D eigenvalue weighted by Gasteiger charge is -2.09. The molecule has 3 rings (SSSR count). The molecule has 0 spiro atoms. The van der Waals surface area contributed by atoms with Crippen LogP contribution < -0.4 is 10.4 Å². The molecular formula is C18H13F4N3O2. The van der Waals surface area contributed by atoms with Gasteiger partial charge in [-0.1, -0.05) is 18.2 Å². The number of alkyl halides is 3. The summed E-state index contributed by atoms with van der Waals surface area (Å²) in [6.07, 6.45) is -2.97. The third-order valence-electron chi connectivity index (χ3n) is 3.66. The zero-order valence-electron chi connectivity index (χ0n) is 13.8. The van der Waals surface area contributed by atoms with Crippen LogP contribution in [0.15, 0.2) is 53.5 Å². The van der Waals surface area contributed by atoms with Crippen LogP contribution in [0.25, 0.3) is 0 Å². The number of nitrogens with one attached hydrogen (secondary N) is 1. The maximum absolute atomic E-state index is 13.6. The lowest BCUT2D eigenvalue weighted by atomic mass is 10.1. The van der Waals surface area contributed by atoms with Gasteiger partial charge in [-0.3, -0.25) is 0 Å². The maximum Gasteiger partial charge on any atom is 0.433 e. The van der Waals surface area contributed by atoms with E-state index in [9.17, 15) is 22.4 Å². The zero-order chi connectivity index (χ0) is 19.4. The third kappa shape index (κ3) is 4.90. The van der Waals surface area contributed by atoms with Crippen molar-refractivity contribution in [1.29, 1.82) is 0 Å². The molecule has 0 atom stereocenters. The highest BCUT2D eigenvalue weighted by molar-refractivity contribution is 5.31. The SMILES string of the molecule is O=c1ncc(F)c(CCc2ccc(Oc3cccc(C(F)(F)F)n3)cc2)[nH]1. The molecule has 0 aliphatic heterocycles. The van der Waals surface area contributed by atoms with Gasteiger partial charge >= 0.3 is 11.9 Å². The van der Waals surface area contributed by atoms with Crippen LogP contribution in [0.1, 0.15) is 17.0 Å². The number of aromatic amines is 1. The van der Waals surface area contributed by atoms with Gasteiger partial charge in [0.15, 0.2) is 5.82 Å². The fourth-order valence-corrected chi connectivity index (χ4v) is 2.34. The van der Waals surface area contributed by atoms with Crippen molar-refractivity contribution in [2.75, 3.05) is 0 Å². The number of halogens is 4. The van der Waals surface area contributed by atoms with Crippen molar-refractivity contribution in [2.45, 2.75) is 19.0 Å². The minimum absolute atomic E-state index is 0.156. The summed E-state index contributed by atoms with van der Waals surface area (Å²) in [6, 6.07) is 9.93. The van der Waals surface area contributed by atoms with Gasteiger partial charge in [0.1, 0.15) is 11.4 Å². The number of benzene rings is 1. The average molecular weight is 379 g/mol. The lowest BCUT2D eigenvalue weighted by molar-refractivity contribution is -0.141. The van der Waals surface area contributed by atoms with Gasteiger partial charge in [-0.15, -0.1) is 0 Å². The smallest absolute Gasteiger partial charge is 0.433 e. The van der Waals surface area contributed by atoms with Crippen LogP contribution >= 0.6 is 0 Å². The number of hydrogen-bond donors (Lipinski definition) is 1. The minimum Gasteiger partial charge on any atom is -0.439 e. The van der Waals surface area contributed by atoms with Crippen LogP contribution in [0.4, 0.5) is 17.6 Å². The van der Waals surface area contributed by atoms with Crippen molar-refractivity contribution in [1.82, 2.24) is 15.0 Å². The molecule has 0 saturated carbocycles. The summed E-state index contributed by atoms with van der Waals surface area (Å²) in [7, 11) is 0. The summed E-state index contributed by atoms with van der Waals surface area (Å²) < 4.78 is 56.9. The Labute approximate surface area is 150 Å². The number of pyridine rings is 1. The molecule has 27 heavy (non-hydrogen) atoms. The lowest BCUT2D eigenvalue weighted by Crippen LogP contribution is -2.14. The first kappa shape index (κ1) is 18.6. The molecule has 1 N–H and O–H groups in total. The van der Waals surface area contributed by atoms with Gasteiger partial charge in [-0.05, 0) is 36.6 Å². The van der Waals surface area contributed by atoms with Gasteiger partial charge in [0, 0.05) is 6.07 Å². The highest BCUT2D eigenvalue weighted by Gasteiger charge is 2.32. The van der Waals surface area contributed by atoms with Crippen molar-refractivity contribution in [3.05, 3.63) is 81.9 Å². The largest absolute Gasteiger partial charge is 0.439 e. The number of ether oxygens (including phenoxy) is 1. The summed E-state index contributed by atoms with van der Waals surface area (Å²) in [5, 5.41) is 0. The second-order valence-electron chi connectivity index (χ2n) is 5.62. The highest BCUT2D eigenvalue weighted by atomic mass is 19.4. The Bertz CT molecular complexity index is 985. The van der Waals surface area contributed by atoms with Gasteiger partial charge in [-0.25, -0.2) is 14.2 Å². The van der Waals surface area contributed by atoms with E-state index in [1.165, 1.54) is 12.1 Å². The molecule has 2 heterocycles. The predicted octanol–water partition coefficient (Wildman–Crippen LogP) is 3.90. The Kier molecular flexibility index (Phi) is 5.20. The molecule has 0 bridgehead atoms. The van der Waals surface area contributed by atoms with Crippen LogP contribution in [0.2, 0.25) is 0 Å². The summed E-state index contributed by atoms with van der Waals surface area (Å²) in [6.45, 7) is 0. The van der Waals surface area contributed by atoms with Crippen molar-refractivity contribution in [3.8, 4) is 11.6 Å². The van der Waals surface area contributed by atoms with Gasteiger partial charge in [-0.2, -0.15) is 18.2 Å². The van der Waals surface area contributed by atoms with Crippen LogP contribution in [0.3, 0.4) is 0 Å². The molecule has 9 heteroatoms. The number of aromatic nitrogens is 3. The van der Waals surface area contributed by atoms with Crippen LogP contribution in [-0.2, 0) is 19.0 Å². The molecule has 5 nitrogen and oxygen atoms in total. The Morgan fingerprint density at radius 3 is 2.48 bits per heavy atom. The summed E-state index contributed by atoms with van der Waals surface area (Å²) in [4.78, 5) is 20.2. The van der Waals surface area contributed by atoms with Gasteiger partial charge < -0.3 is 9.72 Å². The first-order valence-electron chi connectivity index (χ1n) is 7.86. The molecule has 0 unspecified atom stereocenters. The average Bonchev–Trinajstić information content (AvgIpc) is 2.63. The van der Waals surface area contributed by atoms with Gasteiger partial charge in [0.25, 0.3) is 0 Å². The molecule has 0 saturated heterocycles. The Morgan fingerprint density at radius 1 is 1.04 bits per heavy atom. The second kappa shape index (κ2) is 7.56. The topological polar surface area (TPSA) is 67.9 Å². The summed E-state index contributed by atoms with van der Waals surface area (Å²) >= 11 is 0. The van der Waals surface area contributed by atoms with E-state index in [1.807, 2.05) is 0 Å². The Hall–Kier alpha value is -3.23. The van der Waals surface area contributed by atoms with Crippen molar-refractivity contribution >= 4 is 0 Å². The van der Waals surface area contributed by atoms with Gasteiger partial charge in [0.2, 0.25) is 5.88 Å². The monoisotopic (exact) mass is 379 g/mol. The van der Waals surface area contributed by atoms with Crippen LogP contribution in [0, 0.1) is 5.82 Å². The van der Waals surface area contributed by atoms with Crippen molar-refractivity contribution in [3.63, 3.8) is 0 Å². The standard InChI is InChI=1S/C18H13F4N3O2/c19-13-10-23-17(26)24-14(13)9-6-11-4-7-12(8-5-11)27-16-3-1-2-15(25-16)18(20,21)22/h1-5,7-8,10H,6,9H2,(H,23,24,26). The quantitative estimate of drug-likeness (QED) is 0.683. The van der Waals surface area contributed by atoms with E-state index in [0.717, 1.165) is 17.8 Å². The minimum atomic E-state index is -4.55. The zero-order valence-corrected chi connectivity index (χ0v) is 13.8. The number of H-pyrrole nitrogens is 1. The van der Waals surface area contributed by atoms with Crippen LogP contribution in [0.5, 0.6) is 11.6 Å². The molecule has 140 valence electrons. The first-order valence-corrected chi connectivity index (χ1v) is 7.86. The second-order valence-corrected chi connectivity index (χ2v) is 5.62. The Balaban J connectivity index is 1.65. The fraction of sp³-hybridized carbons (Fsp3) is 0.167. The first-order chi connectivity index (χ1) is 12.8. The molecule has 0 aliphatic carbocycles. The fourth-order valence-electron chi connectivity index (χ4n) is 2.34. The number of aryl methyl sites for hydroxylation is 2. The summed E-state index contributed by atoms with van der Waals surface area (Å²) in [5.41, 5.74) is -0.673. The van der Waals surface area contributed by atoms with Gasteiger partial charge in [0.05, 0.1) is 11.9 Å². The van der Waals surface area contributed by atoms with E-state index in [-0.39, 0.29) is 18.0 Å². The van der Waals surface area contributed by atoms with E-state index in [4.69, 9.17) is 4.74 Å². The highest BCUT2D eigenvalue weighted by Crippen LogP contribution is 2.29. The number of nitrogens with zero attached hydrogens (tertiary/aromatic N) is 2. The van der Waals surface area contributed by atoms with E-state index in [2.05, 4.69) is 15.0 Å². The van der Waals surface area contributed by atoms with E-state index in [1.54, 1.807) is 24.3 Å². The number of hydrogen-bond acceptors (Lipinski definition) is 4. The van der Waals surface area contributed by atoms with E-state index in [0.29, 0.717) is 12.2 Å². The molecule has 2 aromatic heterocycles. The number of rotatable bonds is 5. The molecule has 0 radical (unpaired) electrons. The normalized spacial score (nSPS) is 11.4. The molecular weight excluding hydrogens is 366 g/mol. The molecule has 1 aromatic carbocycles. The summed E-state index contributed by atoms with van der Waals surface area (Å²) in [5.74, 6) is -0.451. The Morgan fingerprint density at radius 2 is 1.78 bits per heavy atom. The van der Waals surface area contributed by atoms with Crippen LogP contribution in [-0.4, -0.2) is 15.0 Å². The third-order valence-corrected chi connectivity index (χ3v) is 3.66. The predicted molar refractivity (Wildman–Crippen MR) is 88.0 cm³/mol. The van der Waals surface area contributed by atoms with Crippen molar-refractivity contribution < 1.29 is 22.3 Å². The molecule has 0 aliphatic rings. The molecule has 0 amide bonds. The maximum atomic E-state index is 13.6. The van der Waals surface area contributed by atoms with Crippen molar-refractivity contribution in [2.24, 2.45) is 0 Å². The molecule has 0 fully saturated rings. The molecule has 3 aromatic rings. The van der Waals surface area contributed by atoms with E-state index >= 15 is 0 Å². The van der Waals surface area contributed by atoms with E-state index < -0.39 is 23.4 Å².